The number of hydrogen-bond acceptors (Lipinski definition) is 5. The molecular formula is C23H23N3O5. The number of nitrogens with zero attached hydrogens (tertiary/aromatic N) is 1. The lowest BCUT2D eigenvalue weighted by Gasteiger charge is -2.20. The first-order valence-electron chi connectivity index (χ1n) is 9.97. The number of benzene rings is 2. The third-order valence-electron chi connectivity index (χ3n) is 5.45. The molecule has 31 heavy (non-hydrogen) atoms. The van der Waals surface area contributed by atoms with E-state index < -0.39 is 6.04 Å². The number of methoxy groups -OCH3 is 2. The first kappa shape index (κ1) is 20.5. The minimum atomic E-state index is -0.430. The van der Waals surface area contributed by atoms with Gasteiger partial charge in [0.2, 0.25) is 11.8 Å². The number of fused-ring (bicyclic) bond motifs is 2. The molecule has 0 spiro atoms. The van der Waals surface area contributed by atoms with E-state index >= 15 is 0 Å². The predicted molar refractivity (Wildman–Crippen MR) is 116 cm³/mol. The van der Waals surface area contributed by atoms with Crippen molar-refractivity contribution in [3.63, 3.8) is 0 Å². The Kier molecular flexibility index (Phi) is 5.62. The third-order valence-corrected chi connectivity index (χ3v) is 5.45. The Balaban J connectivity index is 1.51. The number of ether oxygens (including phenoxy) is 2. The molecule has 0 aromatic heterocycles. The molecule has 0 aliphatic carbocycles. The van der Waals surface area contributed by atoms with Gasteiger partial charge >= 0.3 is 0 Å². The Labute approximate surface area is 179 Å². The van der Waals surface area contributed by atoms with E-state index in [4.69, 9.17) is 9.47 Å². The highest BCUT2D eigenvalue weighted by molar-refractivity contribution is 6.11. The Morgan fingerprint density at radius 3 is 2.77 bits per heavy atom. The van der Waals surface area contributed by atoms with Crippen LogP contribution in [0, 0.1) is 0 Å². The number of rotatable bonds is 5. The largest absolute Gasteiger partial charge is 0.497 e. The second-order valence-electron chi connectivity index (χ2n) is 7.34. The summed E-state index contributed by atoms with van der Waals surface area (Å²) in [5, 5.41) is 5.58. The van der Waals surface area contributed by atoms with E-state index in [-0.39, 0.29) is 17.7 Å². The number of carbonyl (C=O) groups excluding carboxylic acids is 3. The summed E-state index contributed by atoms with van der Waals surface area (Å²) in [6, 6.07) is 9.76. The van der Waals surface area contributed by atoms with E-state index in [0.29, 0.717) is 41.4 Å². The van der Waals surface area contributed by atoms with Crippen LogP contribution in [-0.4, -0.2) is 49.4 Å². The van der Waals surface area contributed by atoms with Crippen molar-refractivity contribution in [1.29, 1.82) is 0 Å². The van der Waals surface area contributed by atoms with E-state index in [1.54, 1.807) is 61.6 Å². The quantitative estimate of drug-likeness (QED) is 0.724. The Hall–Kier alpha value is -3.81. The molecule has 2 aliphatic rings. The van der Waals surface area contributed by atoms with E-state index in [2.05, 4.69) is 10.6 Å². The predicted octanol–water partition coefficient (Wildman–Crippen LogP) is 2.91. The van der Waals surface area contributed by atoms with Crippen molar-refractivity contribution < 1.29 is 23.9 Å². The molecule has 3 amide bonds. The van der Waals surface area contributed by atoms with Gasteiger partial charge in [0.25, 0.3) is 5.91 Å². The van der Waals surface area contributed by atoms with Crippen molar-refractivity contribution in [2.45, 2.75) is 18.9 Å². The van der Waals surface area contributed by atoms with Crippen LogP contribution in [0.25, 0.3) is 6.08 Å². The molecule has 8 heteroatoms. The average Bonchev–Trinajstić information content (AvgIpc) is 3.25. The van der Waals surface area contributed by atoms with Crippen LogP contribution in [0.1, 0.15) is 28.8 Å². The maximum absolute atomic E-state index is 12.9. The summed E-state index contributed by atoms with van der Waals surface area (Å²) in [4.78, 5) is 39.3. The Morgan fingerprint density at radius 1 is 1.16 bits per heavy atom. The van der Waals surface area contributed by atoms with E-state index in [1.165, 1.54) is 6.08 Å². The zero-order valence-electron chi connectivity index (χ0n) is 17.3. The molecule has 0 radical (unpaired) electrons. The van der Waals surface area contributed by atoms with E-state index in [1.807, 2.05) is 0 Å². The number of nitrogens with one attached hydrogen (secondary N) is 2. The van der Waals surface area contributed by atoms with E-state index in [9.17, 15) is 14.4 Å². The topological polar surface area (TPSA) is 97.0 Å². The van der Waals surface area contributed by atoms with Crippen LogP contribution in [0.5, 0.6) is 11.5 Å². The van der Waals surface area contributed by atoms with Crippen molar-refractivity contribution in [2.24, 2.45) is 0 Å². The summed E-state index contributed by atoms with van der Waals surface area (Å²) in [5.74, 6) is 0.501. The van der Waals surface area contributed by atoms with Gasteiger partial charge in [-0.25, -0.2) is 0 Å². The first-order valence-corrected chi connectivity index (χ1v) is 9.97. The lowest BCUT2D eigenvalue weighted by molar-refractivity contribution is -0.119. The molecule has 4 rings (SSSR count). The second-order valence-corrected chi connectivity index (χ2v) is 7.34. The van der Waals surface area contributed by atoms with Crippen LogP contribution >= 0.6 is 0 Å². The number of amides is 3. The molecule has 2 heterocycles. The smallest absolute Gasteiger partial charge is 0.256 e. The van der Waals surface area contributed by atoms with Crippen molar-refractivity contribution in [2.75, 3.05) is 31.4 Å². The molecule has 2 aromatic carbocycles. The first-order chi connectivity index (χ1) is 15.0. The van der Waals surface area contributed by atoms with Crippen molar-refractivity contribution >= 4 is 35.2 Å². The molecule has 2 aromatic rings. The maximum Gasteiger partial charge on any atom is 0.256 e. The fourth-order valence-corrected chi connectivity index (χ4v) is 3.87. The summed E-state index contributed by atoms with van der Waals surface area (Å²) >= 11 is 0. The fraction of sp³-hybridized carbons (Fsp3) is 0.261. The van der Waals surface area contributed by atoms with E-state index in [0.717, 1.165) is 12.0 Å². The number of anilines is 2. The fourth-order valence-electron chi connectivity index (χ4n) is 3.87. The van der Waals surface area contributed by atoms with Crippen LogP contribution < -0.4 is 20.1 Å². The zero-order chi connectivity index (χ0) is 22.0. The molecule has 160 valence electrons. The molecule has 1 saturated heterocycles. The van der Waals surface area contributed by atoms with Gasteiger partial charge in [0, 0.05) is 29.9 Å². The Bertz CT molecular complexity index is 1080. The van der Waals surface area contributed by atoms with Gasteiger partial charge in [0.1, 0.15) is 17.5 Å². The molecule has 0 bridgehead atoms. The number of carbonyl (C=O) groups is 3. The summed E-state index contributed by atoms with van der Waals surface area (Å²) in [5.41, 5.74) is 2.02. The summed E-state index contributed by atoms with van der Waals surface area (Å²) in [6.45, 7) is 0.555. The second kappa shape index (κ2) is 8.51. The van der Waals surface area contributed by atoms with Crippen LogP contribution in [0.15, 0.2) is 42.5 Å². The van der Waals surface area contributed by atoms with Crippen LogP contribution in [0.3, 0.4) is 0 Å². The van der Waals surface area contributed by atoms with Crippen molar-refractivity contribution in [1.82, 2.24) is 4.90 Å². The maximum atomic E-state index is 12.9. The highest BCUT2D eigenvalue weighted by Crippen LogP contribution is 2.30. The molecule has 0 saturated carbocycles. The normalized spacial score (nSPS) is 17.6. The summed E-state index contributed by atoms with van der Waals surface area (Å²) in [6.07, 6.45) is 4.48. The molecule has 0 unspecified atom stereocenters. The summed E-state index contributed by atoms with van der Waals surface area (Å²) in [7, 11) is 3.11. The molecule has 1 fully saturated rings. The van der Waals surface area contributed by atoms with Gasteiger partial charge in [-0.15, -0.1) is 0 Å². The van der Waals surface area contributed by atoms with Gasteiger partial charge in [-0.1, -0.05) is 0 Å². The molecule has 2 N–H and O–H groups in total. The summed E-state index contributed by atoms with van der Waals surface area (Å²) < 4.78 is 10.5. The lowest BCUT2D eigenvalue weighted by atomic mass is 10.1. The van der Waals surface area contributed by atoms with Gasteiger partial charge in [-0.2, -0.15) is 0 Å². The van der Waals surface area contributed by atoms with Crippen LogP contribution in [0.2, 0.25) is 0 Å². The van der Waals surface area contributed by atoms with Crippen molar-refractivity contribution in [3.8, 4) is 11.5 Å². The average molecular weight is 421 g/mol. The Morgan fingerprint density at radius 2 is 2.00 bits per heavy atom. The van der Waals surface area contributed by atoms with Gasteiger partial charge in [0.15, 0.2) is 0 Å². The monoisotopic (exact) mass is 421 g/mol. The minimum absolute atomic E-state index is 0.169. The van der Waals surface area contributed by atoms with Gasteiger partial charge in [0.05, 0.1) is 25.5 Å². The SMILES string of the molecule is COc1ccc(C=CC(=O)Nc2ccc3c(c2)C(=O)N2CCC[C@@H]2C(=O)N3)c(OC)c1. The molecular weight excluding hydrogens is 398 g/mol. The highest BCUT2D eigenvalue weighted by Gasteiger charge is 2.38. The van der Waals surface area contributed by atoms with Crippen molar-refractivity contribution in [3.05, 3.63) is 53.6 Å². The standard InChI is InChI=1S/C23H23N3O5/c1-30-16-8-5-14(20(13-16)31-2)6-10-21(27)24-15-7-9-18-17(12-15)23(29)26-11-3-4-19(26)22(28)25-18/h5-10,12-13,19H,3-4,11H2,1-2H3,(H,24,27)(H,25,28)/t19-/m1/s1. The minimum Gasteiger partial charge on any atom is -0.497 e. The van der Waals surface area contributed by atoms with Gasteiger partial charge in [-0.05, 0) is 49.2 Å². The molecule has 1 atom stereocenters. The lowest BCUT2D eigenvalue weighted by Crippen LogP contribution is -2.40. The van der Waals surface area contributed by atoms with Gasteiger partial charge < -0.3 is 25.0 Å². The number of hydrogen-bond donors (Lipinski definition) is 2. The molecule has 2 aliphatic heterocycles. The zero-order valence-corrected chi connectivity index (χ0v) is 17.3. The third kappa shape index (κ3) is 4.09. The highest BCUT2D eigenvalue weighted by atomic mass is 16.5. The van der Waals surface area contributed by atoms with Crippen LogP contribution in [-0.2, 0) is 9.59 Å². The van der Waals surface area contributed by atoms with Gasteiger partial charge in [-0.3, -0.25) is 14.4 Å². The molecule has 8 nitrogen and oxygen atoms in total. The van der Waals surface area contributed by atoms with Crippen LogP contribution in [0.4, 0.5) is 11.4 Å².